The highest BCUT2D eigenvalue weighted by Crippen LogP contribution is 2.27. The van der Waals surface area contributed by atoms with Crippen LogP contribution in [0.5, 0.6) is 0 Å². The molecule has 0 spiro atoms. The van der Waals surface area contributed by atoms with E-state index in [4.69, 9.17) is 11.6 Å². The number of rotatable bonds is 1. The lowest BCUT2D eigenvalue weighted by Crippen LogP contribution is -2.14. The molecule has 4 heteroatoms. The van der Waals surface area contributed by atoms with Crippen LogP contribution in [0.2, 0.25) is 0 Å². The van der Waals surface area contributed by atoms with Gasteiger partial charge in [-0.2, -0.15) is 0 Å². The SMILES string of the molecule is Cc1c(CCl)cnc2c3c(c(=O)[nH]c12)CCC3. The summed E-state index contributed by atoms with van der Waals surface area (Å²) in [5, 5.41) is 0. The number of alkyl halides is 1. The van der Waals surface area contributed by atoms with Crippen LogP contribution in [0.1, 0.15) is 28.7 Å². The van der Waals surface area contributed by atoms with Crippen LogP contribution in [0.25, 0.3) is 11.0 Å². The standard InChI is InChI=1S/C13H13ClN2O/c1-7-8(5-14)6-15-12-9-3-2-4-10(9)13(17)16-11(7)12/h6H,2-5H2,1H3,(H,16,17). The zero-order valence-electron chi connectivity index (χ0n) is 9.64. The lowest BCUT2D eigenvalue weighted by atomic mass is 10.1. The van der Waals surface area contributed by atoms with Crippen LogP contribution in [0.3, 0.4) is 0 Å². The Morgan fingerprint density at radius 1 is 1.41 bits per heavy atom. The molecule has 0 unspecified atom stereocenters. The molecule has 1 N–H and O–H groups in total. The van der Waals surface area contributed by atoms with Gasteiger partial charge in [0, 0.05) is 17.6 Å². The first kappa shape index (κ1) is 10.8. The summed E-state index contributed by atoms with van der Waals surface area (Å²) in [6, 6.07) is 0. The summed E-state index contributed by atoms with van der Waals surface area (Å²) < 4.78 is 0. The lowest BCUT2D eigenvalue weighted by molar-refractivity contribution is 0.908. The van der Waals surface area contributed by atoms with Crippen molar-refractivity contribution in [3.8, 4) is 0 Å². The monoisotopic (exact) mass is 248 g/mol. The minimum Gasteiger partial charge on any atom is -0.320 e. The normalized spacial score (nSPS) is 14.2. The quantitative estimate of drug-likeness (QED) is 0.788. The van der Waals surface area contributed by atoms with E-state index in [0.717, 1.165) is 52.5 Å². The number of H-pyrrole nitrogens is 1. The molecule has 0 amide bonds. The average Bonchev–Trinajstić information content (AvgIpc) is 2.81. The van der Waals surface area contributed by atoms with Crippen molar-refractivity contribution in [1.82, 2.24) is 9.97 Å². The largest absolute Gasteiger partial charge is 0.320 e. The lowest BCUT2D eigenvalue weighted by Gasteiger charge is -2.09. The van der Waals surface area contributed by atoms with E-state index >= 15 is 0 Å². The van der Waals surface area contributed by atoms with E-state index in [2.05, 4.69) is 9.97 Å². The molecule has 0 bridgehead atoms. The van der Waals surface area contributed by atoms with Gasteiger partial charge in [-0.1, -0.05) is 0 Å². The van der Waals surface area contributed by atoms with Crippen LogP contribution in [-0.4, -0.2) is 9.97 Å². The van der Waals surface area contributed by atoms with Gasteiger partial charge in [0.15, 0.2) is 0 Å². The van der Waals surface area contributed by atoms with Crippen molar-refractivity contribution in [3.63, 3.8) is 0 Å². The summed E-state index contributed by atoms with van der Waals surface area (Å²) in [5.41, 5.74) is 5.92. The number of hydrogen-bond acceptors (Lipinski definition) is 2. The molecule has 3 rings (SSSR count). The first-order valence-corrected chi connectivity index (χ1v) is 6.34. The number of nitrogens with one attached hydrogen (secondary N) is 1. The van der Waals surface area contributed by atoms with Gasteiger partial charge in [0.05, 0.1) is 11.0 Å². The first-order chi connectivity index (χ1) is 8.22. The van der Waals surface area contributed by atoms with Crippen molar-refractivity contribution in [2.45, 2.75) is 32.1 Å². The van der Waals surface area contributed by atoms with Crippen molar-refractivity contribution < 1.29 is 0 Å². The predicted molar refractivity (Wildman–Crippen MR) is 68.7 cm³/mol. The van der Waals surface area contributed by atoms with Gasteiger partial charge in [0.1, 0.15) is 0 Å². The maximum atomic E-state index is 12.0. The van der Waals surface area contributed by atoms with Gasteiger partial charge >= 0.3 is 0 Å². The molecule has 0 saturated carbocycles. The highest BCUT2D eigenvalue weighted by molar-refractivity contribution is 6.17. The molecule has 0 aliphatic heterocycles. The highest BCUT2D eigenvalue weighted by atomic mass is 35.5. The molecule has 88 valence electrons. The fourth-order valence-electron chi connectivity index (χ4n) is 2.60. The molecule has 1 aliphatic rings. The van der Waals surface area contributed by atoms with Gasteiger partial charge in [0.2, 0.25) is 0 Å². The molecule has 3 nitrogen and oxygen atoms in total. The number of nitrogens with zero attached hydrogens (tertiary/aromatic N) is 1. The number of aromatic amines is 1. The number of fused-ring (bicyclic) bond motifs is 3. The molecule has 2 aromatic rings. The minimum absolute atomic E-state index is 0.0432. The van der Waals surface area contributed by atoms with Crippen molar-refractivity contribution >= 4 is 22.6 Å². The molecule has 0 radical (unpaired) electrons. The third-order valence-electron chi connectivity index (χ3n) is 3.60. The zero-order valence-corrected chi connectivity index (χ0v) is 10.4. The number of hydrogen-bond donors (Lipinski definition) is 1. The van der Waals surface area contributed by atoms with Crippen molar-refractivity contribution in [2.75, 3.05) is 0 Å². The minimum atomic E-state index is 0.0432. The van der Waals surface area contributed by atoms with E-state index in [0.29, 0.717) is 5.88 Å². The van der Waals surface area contributed by atoms with Gasteiger partial charge in [-0.25, -0.2) is 0 Å². The van der Waals surface area contributed by atoms with E-state index in [9.17, 15) is 4.79 Å². The number of aromatic nitrogens is 2. The van der Waals surface area contributed by atoms with Crippen molar-refractivity contribution in [3.05, 3.63) is 38.8 Å². The fourth-order valence-corrected chi connectivity index (χ4v) is 2.87. The van der Waals surface area contributed by atoms with Crippen LogP contribution in [0.15, 0.2) is 11.0 Å². The predicted octanol–water partition coefficient (Wildman–Crippen LogP) is 2.46. The molecular formula is C13H13ClN2O. The Kier molecular flexibility index (Phi) is 2.44. The van der Waals surface area contributed by atoms with E-state index < -0.39 is 0 Å². The summed E-state index contributed by atoms with van der Waals surface area (Å²) in [6.07, 6.45) is 4.71. The van der Waals surface area contributed by atoms with Crippen LogP contribution in [-0.2, 0) is 18.7 Å². The van der Waals surface area contributed by atoms with Gasteiger partial charge in [-0.3, -0.25) is 9.78 Å². The Hall–Kier alpha value is -1.35. The third kappa shape index (κ3) is 1.49. The maximum absolute atomic E-state index is 12.0. The summed E-state index contributed by atoms with van der Waals surface area (Å²) in [5.74, 6) is 0.424. The average molecular weight is 249 g/mol. The van der Waals surface area contributed by atoms with Crippen LogP contribution >= 0.6 is 11.6 Å². The fraction of sp³-hybridized carbons (Fsp3) is 0.385. The van der Waals surface area contributed by atoms with Crippen LogP contribution < -0.4 is 5.56 Å². The molecule has 0 aromatic carbocycles. The van der Waals surface area contributed by atoms with Crippen molar-refractivity contribution in [2.24, 2.45) is 0 Å². The number of halogens is 1. The number of pyridine rings is 2. The molecule has 0 saturated heterocycles. The molecule has 2 aromatic heterocycles. The molecule has 0 atom stereocenters. The summed E-state index contributed by atoms with van der Waals surface area (Å²) in [4.78, 5) is 19.4. The molecule has 0 fully saturated rings. The highest BCUT2D eigenvalue weighted by Gasteiger charge is 2.19. The first-order valence-electron chi connectivity index (χ1n) is 5.80. The second kappa shape index (κ2) is 3.84. The Morgan fingerprint density at radius 2 is 2.18 bits per heavy atom. The maximum Gasteiger partial charge on any atom is 0.252 e. The van der Waals surface area contributed by atoms with E-state index in [1.54, 1.807) is 0 Å². The van der Waals surface area contributed by atoms with Gasteiger partial charge in [-0.05, 0) is 42.9 Å². The van der Waals surface area contributed by atoms with Crippen molar-refractivity contribution in [1.29, 1.82) is 0 Å². The molecule has 17 heavy (non-hydrogen) atoms. The van der Waals surface area contributed by atoms with Crippen LogP contribution in [0, 0.1) is 6.92 Å². The third-order valence-corrected chi connectivity index (χ3v) is 3.89. The Bertz CT molecular complexity index is 660. The smallest absolute Gasteiger partial charge is 0.252 e. The summed E-state index contributed by atoms with van der Waals surface area (Å²) in [7, 11) is 0. The van der Waals surface area contributed by atoms with Gasteiger partial charge in [-0.15, -0.1) is 11.6 Å². The zero-order chi connectivity index (χ0) is 12.0. The van der Waals surface area contributed by atoms with E-state index in [1.165, 1.54) is 0 Å². The Morgan fingerprint density at radius 3 is 2.94 bits per heavy atom. The topological polar surface area (TPSA) is 45.8 Å². The Balaban J connectivity index is 2.45. The molecular weight excluding hydrogens is 236 g/mol. The van der Waals surface area contributed by atoms with Gasteiger partial charge in [0.25, 0.3) is 5.56 Å². The Labute approximate surface area is 104 Å². The molecule has 2 heterocycles. The van der Waals surface area contributed by atoms with E-state index in [1.807, 2.05) is 13.1 Å². The summed E-state index contributed by atoms with van der Waals surface area (Å²) >= 11 is 5.86. The number of aryl methyl sites for hydroxylation is 2. The second-order valence-electron chi connectivity index (χ2n) is 4.53. The van der Waals surface area contributed by atoms with E-state index in [-0.39, 0.29) is 5.56 Å². The summed E-state index contributed by atoms with van der Waals surface area (Å²) in [6.45, 7) is 1.99. The second-order valence-corrected chi connectivity index (χ2v) is 4.80. The molecule has 1 aliphatic carbocycles. The van der Waals surface area contributed by atoms with Gasteiger partial charge < -0.3 is 4.98 Å². The van der Waals surface area contributed by atoms with Crippen LogP contribution in [0.4, 0.5) is 0 Å².